The Balaban J connectivity index is 1.59. The summed E-state index contributed by atoms with van der Waals surface area (Å²) >= 11 is 0. The van der Waals surface area contributed by atoms with Crippen LogP contribution in [0, 0.1) is 0 Å². The Morgan fingerprint density at radius 2 is 1.83 bits per heavy atom. The first kappa shape index (κ1) is 20.1. The smallest absolute Gasteiger partial charge is 0.340 e. The van der Waals surface area contributed by atoms with E-state index in [4.69, 9.17) is 13.9 Å². The molecule has 0 saturated carbocycles. The molecule has 0 aliphatic carbocycles. The van der Waals surface area contributed by atoms with Crippen LogP contribution in [0.2, 0.25) is 0 Å². The number of aryl methyl sites for hydroxylation is 1. The van der Waals surface area contributed by atoms with Crippen molar-refractivity contribution in [2.75, 3.05) is 19.0 Å². The van der Waals surface area contributed by atoms with Crippen LogP contribution in [0.15, 0.2) is 52.9 Å². The maximum absolute atomic E-state index is 12.3. The molecule has 1 heterocycles. The highest BCUT2D eigenvalue weighted by molar-refractivity contribution is 6.01. The van der Waals surface area contributed by atoms with E-state index in [-0.39, 0.29) is 25.4 Å². The van der Waals surface area contributed by atoms with Crippen LogP contribution in [0.4, 0.5) is 5.69 Å². The summed E-state index contributed by atoms with van der Waals surface area (Å²) in [7, 11) is 1.59. The molecule has 8 heteroatoms. The Labute approximate surface area is 167 Å². The van der Waals surface area contributed by atoms with Crippen LogP contribution in [0.5, 0.6) is 5.75 Å². The van der Waals surface area contributed by atoms with E-state index in [1.165, 1.54) is 0 Å². The molecule has 0 aliphatic heterocycles. The highest BCUT2D eigenvalue weighted by Gasteiger charge is 2.15. The number of carbonyl (C=O) groups excluding carboxylic acids is 2. The zero-order chi connectivity index (χ0) is 20.6. The summed E-state index contributed by atoms with van der Waals surface area (Å²) in [4.78, 5) is 24.3. The van der Waals surface area contributed by atoms with Crippen LogP contribution in [-0.2, 0) is 16.0 Å². The molecule has 150 valence electrons. The standard InChI is InChI=1S/C21H21N3O5/c1-3-28-21(26)16-6-4-5-7-17(16)22-18(25)12-13-19-23-24-20(29-19)14-8-10-15(27-2)11-9-14/h4-11H,3,12-13H2,1-2H3,(H,22,25). The van der Waals surface area contributed by atoms with Gasteiger partial charge in [0.1, 0.15) is 5.75 Å². The molecular weight excluding hydrogens is 374 g/mol. The summed E-state index contributed by atoms with van der Waals surface area (Å²) in [5.41, 5.74) is 1.47. The Bertz CT molecular complexity index is 982. The van der Waals surface area contributed by atoms with Crippen LogP contribution in [0.25, 0.3) is 11.5 Å². The third-order valence-electron chi connectivity index (χ3n) is 4.07. The molecule has 0 fully saturated rings. The van der Waals surface area contributed by atoms with Gasteiger partial charge in [-0.25, -0.2) is 4.79 Å². The summed E-state index contributed by atoms with van der Waals surface area (Å²) in [5.74, 6) is 0.698. The van der Waals surface area contributed by atoms with Gasteiger partial charge in [-0.15, -0.1) is 10.2 Å². The molecule has 8 nitrogen and oxygen atoms in total. The molecule has 0 saturated heterocycles. The lowest BCUT2D eigenvalue weighted by molar-refractivity contribution is -0.116. The minimum absolute atomic E-state index is 0.126. The first-order chi connectivity index (χ1) is 14.1. The summed E-state index contributed by atoms with van der Waals surface area (Å²) in [6.07, 6.45) is 0.401. The van der Waals surface area contributed by atoms with Gasteiger partial charge in [0.15, 0.2) is 0 Å². The van der Waals surface area contributed by atoms with Gasteiger partial charge < -0.3 is 19.2 Å². The molecule has 1 amide bonds. The molecule has 1 aromatic heterocycles. The Morgan fingerprint density at radius 1 is 1.07 bits per heavy atom. The van der Waals surface area contributed by atoms with Gasteiger partial charge in [0.05, 0.1) is 25.0 Å². The van der Waals surface area contributed by atoms with Crippen molar-refractivity contribution in [2.45, 2.75) is 19.8 Å². The SMILES string of the molecule is CCOC(=O)c1ccccc1NC(=O)CCc1nnc(-c2ccc(OC)cc2)o1. The molecule has 0 spiro atoms. The number of methoxy groups -OCH3 is 1. The van der Waals surface area contributed by atoms with Crippen LogP contribution >= 0.6 is 0 Å². The zero-order valence-electron chi connectivity index (χ0n) is 16.2. The molecule has 0 atom stereocenters. The summed E-state index contributed by atoms with van der Waals surface area (Å²) in [6.45, 7) is 1.98. The van der Waals surface area contributed by atoms with E-state index < -0.39 is 5.97 Å². The Morgan fingerprint density at radius 3 is 2.55 bits per heavy atom. The van der Waals surface area contributed by atoms with Crippen molar-refractivity contribution < 1.29 is 23.5 Å². The largest absolute Gasteiger partial charge is 0.497 e. The number of para-hydroxylation sites is 1. The Kier molecular flexibility index (Phi) is 6.57. The fourth-order valence-corrected chi connectivity index (χ4v) is 2.62. The summed E-state index contributed by atoms with van der Waals surface area (Å²) in [5, 5.41) is 10.7. The van der Waals surface area contributed by atoms with Crippen molar-refractivity contribution in [3.05, 3.63) is 60.0 Å². The highest BCUT2D eigenvalue weighted by Crippen LogP contribution is 2.22. The van der Waals surface area contributed by atoms with Gasteiger partial charge in [-0.2, -0.15) is 0 Å². The number of amides is 1. The van der Waals surface area contributed by atoms with Gasteiger partial charge in [0, 0.05) is 18.4 Å². The number of nitrogens with one attached hydrogen (secondary N) is 1. The molecule has 29 heavy (non-hydrogen) atoms. The number of carbonyl (C=O) groups is 2. The van der Waals surface area contributed by atoms with E-state index in [0.717, 1.165) is 11.3 Å². The first-order valence-electron chi connectivity index (χ1n) is 9.13. The number of hydrogen-bond acceptors (Lipinski definition) is 7. The lowest BCUT2D eigenvalue weighted by Crippen LogP contribution is -2.16. The molecule has 0 bridgehead atoms. The molecule has 3 rings (SSSR count). The topological polar surface area (TPSA) is 104 Å². The predicted molar refractivity (Wildman–Crippen MR) is 106 cm³/mol. The predicted octanol–water partition coefficient (Wildman–Crippen LogP) is 3.49. The van der Waals surface area contributed by atoms with Gasteiger partial charge in [0.25, 0.3) is 0 Å². The number of esters is 1. The van der Waals surface area contributed by atoms with E-state index in [1.807, 2.05) is 12.1 Å². The van der Waals surface area contributed by atoms with E-state index in [0.29, 0.717) is 23.0 Å². The number of anilines is 1. The van der Waals surface area contributed by atoms with Crippen LogP contribution < -0.4 is 10.1 Å². The van der Waals surface area contributed by atoms with E-state index in [9.17, 15) is 9.59 Å². The molecule has 2 aromatic carbocycles. The second-order valence-electron chi connectivity index (χ2n) is 6.04. The third kappa shape index (κ3) is 5.19. The number of nitrogens with zero attached hydrogens (tertiary/aromatic N) is 2. The molecule has 3 aromatic rings. The fourth-order valence-electron chi connectivity index (χ4n) is 2.62. The van der Waals surface area contributed by atoms with Crippen molar-refractivity contribution in [3.63, 3.8) is 0 Å². The second kappa shape index (κ2) is 9.50. The van der Waals surface area contributed by atoms with Gasteiger partial charge >= 0.3 is 5.97 Å². The molecule has 1 N–H and O–H groups in total. The quantitative estimate of drug-likeness (QED) is 0.582. The summed E-state index contributed by atoms with van der Waals surface area (Å²) in [6, 6.07) is 13.9. The number of rotatable bonds is 8. The number of benzene rings is 2. The van der Waals surface area contributed by atoms with Crippen LogP contribution in [-0.4, -0.2) is 35.8 Å². The van der Waals surface area contributed by atoms with E-state index >= 15 is 0 Å². The first-order valence-corrected chi connectivity index (χ1v) is 9.13. The average Bonchev–Trinajstić information content (AvgIpc) is 3.22. The van der Waals surface area contributed by atoms with E-state index in [2.05, 4.69) is 15.5 Å². The van der Waals surface area contributed by atoms with Crippen molar-refractivity contribution in [1.29, 1.82) is 0 Å². The van der Waals surface area contributed by atoms with Gasteiger partial charge in [-0.05, 0) is 43.3 Å². The number of ether oxygens (including phenoxy) is 2. The second-order valence-corrected chi connectivity index (χ2v) is 6.04. The number of aromatic nitrogens is 2. The van der Waals surface area contributed by atoms with Crippen molar-refractivity contribution in [3.8, 4) is 17.2 Å². The normalized spacial score (nSPS) is 10.4. The molecular formula is C21H21N3O5. The minimum Gasteiger partial charge on any atom is -0.497 e. The Hall–Kier alpha value is -3.68. The van der Waals surface area contributed by atoms with Crippen LogP contribution in [0.3, 0.4) is 0 Å². The van der Waals surface area contributed by atoms with Crippen molar-refractivity contribution >= 4 is 17.6 Å². The lowest BCUT2D eigenvalue weighted by Gasteiger charge is -2.09. The highest BCUT2D eigenvalue weighted by atomic mass is 16.5. The monoisotopic (exact) mass is 395 g/mol. The average molecular weight is 395 g/mol. The fraction of sp³-hybridized carbons (Fsp3) is 0.238. The van der Waals surface area contributed by atoms with Gasteiger partial charge in [-0.1, -0.05) is 12.1 Å². The molecule has 0 unspecified atom stereocenters. The summed E-state index contributed by atoms with van der Waals surface area (Å²) < 4.78 is 15.7. The maximum atomic E-state index is 12.3. The van der Waals surface area contributed by atoms with Crippen LogP contribution in [0.1, 0.15) is 29.6 Å². The maximum Gasteiger partial charge on any atom is 0.340 e. The zero-order valence-corrected chi connectivity index (χ0v) is 16.2. The van der Waals surface area contributed by atoms with Gasteiger partial charge in [-0.3, -0.25) is 4.79 Å². The molecule has 0 aliphatic rings. The van der Waals surface area contributed by atoms with Gasteiger partial charge in [0.2, 0.25) is 17.7 Å². The number of hydrogen-bond donors (Lipinski definition) is 1. The minimum atomic E-state index is -0.482. The van der Waals surface area contributed by atoms with Crippen molar-refractivity contribution in [1.82, 2.24) is 10.2 Å². The molecule has 0 radical (unpaired) electrons. The van der Waals surface area contributed by atoms with E-state index in [1.54, 1.807) is 50.4 Å². The third-order valence-corrected chi connectivity index (χ3v) is 4.07. The lowest BCUT2D eigenvalue weighted by atomic mass is 10.1. The van der Waals surface area contributed by atoms with Crippen molar-refractivity contribution in [2.24, 2.45) is 0 Å².